The maximum absolute atomic E-state index is 12.8. The number of thioether (sulfide) groups is 1. The highest BCUT2D eigenvalue weighted by molar-refractivity contribution is 7.99. The van der Waals surface area contributed by atoms with Crippen molar-refractivity contribution in [1.29, 1.82) is 0 Å². The number of nitrogens with zero attached hydrogens (tertiary/aromatic N) is 4. The van der Waals surface area contributed by atoms with E-state index in [1.165, 1.54) is 17.3 Å². The molecule has 0 atom stereocenters. The normalized spacial score (nSPS) is 13.8. The van der Waals surface area contributed by atoms with E-state index in [4.69, 9.17) is 0 Å². The summed E-state index contributed by atoms with van der Waals surface area (Å²) >= 11 is 1.46. The standard InChI is InChI=1S/C26H30N4O2S/c1-21-8-5-6-12-23(21)30-15-14-27-26(30)33-20-25(32)29-18-16-28(17-19-29)24(31)13-7-11-22-9-3-2-4-10-22/h2-6,8-10,12,14-15H,7,11,13,16-20H2,1H3. The summed E-state index contributed by atoms with van der Waals surface area (Å²) in [5.41, 5.74) is 3.50. The van der Waals surface area contributed by atoms with Gasteiger partial charge in [-0.2, -0.15) is 0 Å². The Morgan fingerprint density at radius 1 is 0.909 bits per heavy atom. The van der Waals surface area contributed by atoms with E-state index in [0.717, 1.165) is 29.2 Å². The molecule has 1 aliphatic heterocycles. The van der Waals surface area contributed by atoms with Crippen molar-refractivity contribution in [3.05, 3.63) is 78.1 Å². The van der Waals surface area contributed by atoms with Gasteiger partial charge in [0.05, 0.1) is 11.4 Å². The zero-order valence-electron chi connectivity index (χ0n) is 19.0. The lowest BCUT2D eigenvalue weighted by atomic mass is 10.1. The summed E-state index contributed by atoms with van der Waals surface area (Å²) in [5.74, 6) is 0.622. The first-order valence-electron chi connectivity index (χ1n) is 11.4. The van der Waals surface area contributed by atoms with E-state index in [-0.39, 0.29) is 11.8 Å². The van der Waals surface area contributed by atoms with E-state index in [9.17, 15) is 9.59 Å². The Labute approximate surface area is 199 Å². The van der Waals surface area contributed by atoms with Crippen LogP contribution >= 0.6 is 11.8 Å². The SMILES string of the molecule is Cc1ccccc1-n1ccnc1SCC(=O)N1CCN(C(=O)CCCc2ccccc2)CC1. The fraction of sp³-hybridized carbons (Fsp3) is 0.346. The van der Waals surface area contributed by atoms with Gasteiger partial charge in [-0.3, -0.25) is 14.2 Å². The maximum atomic E-state index is 12.8. The van der Waals surface area contributed by atoms with Crippen LogP contribution in [0.4, 0.5) is 0 Å². The maximum Gasteiger partial charge on any atom is 0.233 e. The topological polar surface area (TPSA) is 58.4 Å². The second-order valence-corrected chi connectivity index (χ2v) is 9.20. The predicted molar refractivity (Wildman–Crippen MR) is 132 cm³/mol. The monoisotopic (exact) mass is 462 g/mol. The van der Waals surface area contributed by atoms with Crippen molar-refractivity contribution in [2.24, 2.45) is 0 Å². The van der Waals surface area contributed by atoms with Crippen molar-refractivity contribution >= 4 is 23.6 Å². The molecule has 2 amide bonds. The first-order valence-corrected chi connectivity index (χ1v) is 12.4. The molecule has 3 aromatic rings. The highest BCUT2D eigenvalue weighted by Gasteiger charge is 2.24. The molecule has 1 fully saturated rings. The molecule has 0 aliphatic carbocycles. The molecule has 7 heteroatoms. The number of amides is 2. The van der Waals surface area contributed by atoms with Crippen molar-refractivity contribution in [2.75, 3.05) is 31.9 Å². The third-order valence-corrected chi connectivity index (χ3v) is 6.94. The number of imidazole rings is 1. The van der Waals surface area contributed by atoms with Gasteiger partial charge < -0.3 is 9.80 Å². The van der Waals surface area contributed by atoms with Gasteiger partial charge >= 0.3 is 0 Å². The lowest BCUT2D eigenvalue weighted by Crippen LogP contribution is -2.51. The smallest absolute Gasteiger partial charge is 0.233 e. The predicted octanol–water partition coefficient (Wildman–Crippen LogP) is 3.97. The van der Waals surface area contributed by atoms with Gasteiger partial charge in [0.1, 0.15) is 0 Å². The summed E-state index contributed by atoms with van der Waals surface area (Å²) in [4.78, 5) is 33.5. The minimum absolute atomic E-state index is 0.0931. The number of para-hydroxylation sites is 1. The Balaban J connectivity index is 1.21. The molecule has 4 rings (SSSR count). The molecular weight excluding hydrogens is 432 g/mol. The molecule has 0 N–H and O–H groups in total. The number of benzene rings is 2. The molecule has 2 aromatic carbocycles. The average molecular weight is 463 g/mol. The van der Waals surface area contributed by atoms with Gasteiger partial charge in [-0.25, -0.2) is 4.98 Å². The second-order valence-electron chi connectivity index (χ2n) is 8.26. The Kier molecular flexibility index (Phi) is 7.83. The van der Waals surface area contributed by atoms with Crippen molar-refractivity contribution < 1.29 is 9.59 Å². The number of carbonyl (C=O) groups excluding carboxylic acids is 2. The Bertz CT molecular complexity index is 1070. The molecule has 0 radical (unpaired) electrons. The first kappa shape index (κ1) is 23.1. The fourth-order valence-electron chi connectivity index (χ4n) is 4.08. The summed E-state index contributed by atoms with van der Waals surface area (Å²) < 4.78 is 2.03. The average Bonchev–Trinajstić information content (AvgIpc) is 3.32. The van der Waals surface area contributed by atoms with E-state index >= 15 is 0 Å². The minimum atomic E-state index is 0.0931. The van der Waals surface area contributed by atoms with Gasteiger partial charge in [-0.15, -0.1) is 0 Å². The van der Waals surface area contributed by atoms with Crippen LogP contribution in [0.3, 0.4) is 0 Å². The van der Waals surface area contributed by atoms with Crippen LogP contribution in [0.5, 0.6) is 0 Å². The molecular formula is C26H30N4O2S. The van der Waals surface area contributed by atoms with E-state index in [1.54, 1.807) is 6.20 Å². The lowest BCUT2D eigenvalue weighted by molar-refractivity contribution is -0.138. The van der Waals surface area contributed by atoms with Gasteiger partial charge in [0.25, 0.3) is 0 Å². The molecule has 1 aliphatic rings. The number of carbonyl (C=O) groups is 2. The molecule has 6 nitrogen and oxygen atoms in total. The van der Waals surface area contributed by atoms with E-state index in [0.29, 0.717) is 38.4 Å². The number of hydrogen-bond donors (Lipinski definition) is 0. The van der Waals surface area contributed by atoms with Crippen LogP contribution in [0.1, 0.15) is 24.0 Å². The summed E-state index contributed by atoms with van der Waals surface area (Å²) in [7, 11) is 0. The van der Waals surface area contributed by atoms with Crippen LogP contribution in [0.2, 0.25) is 0 Å². The highest BCUT2D eigenvalue weighted by Crippen LogP contribution is 2.23. The molecule has 172 valence electrons. The molecule has 0 spiro atoms. The van der Waals surface area contributed by atoms with E-state index in [1.807, 2.05) is 50.9 Å². The zero-order chi connectivity index (χ0) is 23.0. The number of aryl methyl sites for hydroxylation is 2. The van der Waals surface area contributed by atoms with Crippen molar-refractivity contribution in [3.63, 3.8) is 0 Å². The zero-order valence-corrected chi connectivity index (χ0v) is 19.8. The van der Waals surface area contributed by atoms with Crippen LogP contribution in [-0.2, 0) is 16.0 Å². The van der Waals surface area contributed by atoms with Crippen LogP contribution in [0, 0.1) is 6.92 Å². The second kappa shape index (κ2) is 11.2. The number of piperazine rings is 1. The third-order valence-electron chi connectivity index (χ3n) is 5.99. The summed E-state index contributed by atoms with van der Waals surface area (Å²) in [6.07, 6.45) is 6.02. The third kappa shape index (κ3) is 6.05. The van der Waals surface area contributed by atoms with Crippen molar-refractivity contribution in [1.82, 2.24) is 19.4 Å². The van der Waals surface area contributed by atoms with Crippen LogP contribution in [-0.4, -0.2) is 63.1 Å². The Hall–Kier alpha value is -3.06. The van der Waals surface area contributed by atoms with Gasteiger partial charge in [0.2, 0.25) is 11.8 Å². The first-order chi connectivity index (χ1) is 16.1. The fourth-order valence-corrected chi connectivity index (χ4v) is 4.95. The number of hydrogen-bond acceptors (Lipinski definition) is 4. The minimum Gasteiger partial charge on any atom is -0.339 e. The van der Waals surface area contributed by atoms with E-state index in [2.05, 4.69) is 36.2 Å². The molecule has 1 aromatic heterocycles. The highest BCUT2D eigenvalue weighted by atomic mass is 32.2. The van der Waals surface area contributed by atoms with Gasteiger partial charge in [0.15, 0.2) is 5.16 Å². The quantitative estimate of drug-likeness (QED) is 0.476. The summed E-state index contributed by atoms with van der Waals surface area (Å²) in [6, 6.07) is 18.4. The molecule has 0 bridgehead atoms. The molecule has 33 heavy (non-hydrogen) atoms. The molecule has 0 unspecified atom stereocenters. The van der Waals surface area contributed by atoms with Crippen LogP contribution in [0.15, 0.2) is 72.1 Å². The molecule has 2 heterocycles. The molecule has 1 saturated heterocycles. The van der Waals surface area contributed by atoms with Crippen LogP contribution in [0.25, 0.3) is 5.69 Å². The Morgan fingerprint density at radius 2 is 1.58 bits per heavy atom. The van der Waals surface area contributed by atoms with Gasteiger partial charge in [0, 0.05) is 45.0 Å². The van der Waals surface area contributed by atoms with Gasteiger partial charge in [-0.05, 0) is 37.0 Å². The Morgan fingerprint density at radius 3 is 2.30 bits per heavy atom. The lowest BCUT2D eigenvalue weighted by Gasteiger charge is -2.34. The van der Waals surface area contributed by atoms with Crippen LogP contribution < -0.4 is 0 Å². The number of aromatic nitrogens is 2. The van der Waals surface area contributed by atoms with E-state index < -0.39 is 0 Å². The van der Waals surface area contributed by atoms with Gasteiger partial charge in [-0.1, -0.05) is 60.3 Å². The number of rotatable bonds is 8. The largest absolute Gasteiger partial charge is 0.339 e. The van der Waals surface area contributed by atoms with Crippen molar-refractivity contribution in [2.45, 2.75) is 31.3 Å². The van der Waals surface area contributed by atoms with Crippen molar-refractivity contribution in [3.8, 4) is 5.69 Å². The summed E-state index contributed by atoms with van der Waals surface area (Å²) in [6.45, 7) is 4.47. The molecule has 0 saturated carbocycles. The summed E-state index contributed by atoms with van der Waals surface area (Å²) in [5, 5.41) is 0.810.